The van der Waals surface area contributed by atoms with Gasteiger partial charge in [0.15, 0.2) is 0 Å². The first kappa shape index (κ1) is 4.13. The first-order valence-electron chi connectivity index (χ1n) is 2.10. The Morgan fingerprint density at radius 3 is 2.00 bits per heavy atom. The Labute approximate surface area is 49.5 Å². The molecular weight excluding hydrogens is 73.0 g/mol. The summed E-state index contributed by atoms with van der Waals surface area (Å²) in [5.74, 6) is 0. The molecule has 1 aliphatic rings. The van der Waals surface area contributed by atoms with Crippen molar-refractivity contribution in [3.05, 3.63) is 0 Å². The van der Waals surface area contributed by atoms with Crippen LogP contribution in [0.3, 0.4) is 0 Å². The topological polar surface area (TPSA) is 12.0 Å². The molecule has 1 heterocycles. The van der Waals surface area contributed by atoms with Crippen LogP contribution in [0.4, 0.5) is 0 Å². The molecular formula is C3H6NNa. The molecule has 0 saturated carbocycles. The summed E-state index contributed by atoms with van der Waals surface area (Å²) >= 11 is 1.39. The molecule has 0 spiro atoms. The minimum absolute atomic E-state index is 1.09. The Balaban J connectivity index is 2.08. The van der Waals surface area contributed by atoms with E-state index in [9.17, 15) is 0 Å². The molecule has 0 aliphatic carbocycles. The summed E-state index contributed by atoms with van der Waals surface area (Å²) in [6.07, 6.45) is 0. The van der Waals surface area contributed by atoms with Gasteiger partial charge < -0.3 is 0 Å². The maximum atomic E-state index is 3.20. The van der Waals surface area contributed by atoms with E-state index in [4.69, 9.17) is 0 Å². The normalized spacial score (nSPS) is 26.0. The van der Waals surface area contributed by atoms with E-state index in [2.05, 4.69) is 5.32 Å². The number of nitrogens with one attached hydrogen (secondary N) is 1. The fourth-order valence-corrected chi connectivity index (χ4v) is 1.01. The number of hydrogen-bond acceptors (Lipinski definition) is 1. The fourth-order valence-electron chi connectivity index (χ4n) is 0.433. The molecule has 0 unspecified atom stereocenters. The summed E-state index contributed by atoms with van der Waals surface area (Å²) in [5, 5.41) is 3.20. The third kappa shape index (κ3) is 0.897. The van der Waals surface area contributed by atoms with Crippen LogP contribution < -0.4 is 5.32 Å². The van der Waals surface area contributed by atoms with Gasteiger partial charge in [-0.2, -0.15) is 0 Å². The Morgan fingerprint density at radius 1 is 1.60 bits per heavy atom. The zero-order chi connectivity index (χ0) is 3.70. The van der Waals surface area contributed by atoms with Crippen LogP contribution >= 0.6 is 0 Å². The van der Waals surface area contributed by atoms with Crippen LogP contribution in [0.1, 0.15) is 0 Å². The van der Waals surface area contributed by atoms with E-state index in [-0.39, 0.29) is 0 Å². The zero-order valence-electron chi connectivity index (χ0n) is 3.49. The van der Waals surface area contributed by atoms with Crippen LogP contribution in [0.5, 0.6) is 0 Å². The van der Waals surface area contributed by atoms with Gasteiger partial charge in [0.05, 0.1) is 0 Å². The summed E-state index contributed by atoms with van der Waals surface area (Å²) in [7, 11) is 0. The van der Waals surface area contributed by atoms with Crippen LogP contribution in [0, 0.1) is 0 Å². The van der Waals surface area contributed by atoms with Crippen LogP contribution in [0.15, 0.2) is 0 Å². The van der Waals surface area contributed by atoms with Gasteiger partial charge in [0.1, 0.15) is 0 Å². The van der Waals surface area contributed by atoms with E-state index in [1.807, 2.05) is 0 Å². The SMILES string of the molecule is [Na][CH]1CNC1. The first-order chi connectivity index (χ1) is 2.39. The predicted molar refractivity (Wildman–Crippen MR) is 22.4 cm³/mol. The monoisotopic (exact) mass is 79.0 g/mol. The van der Waals surface area contributed by atoms with E-state index < -0.39 is 0 Å². The number of hydrogen-bond donors (Lipinski definition) is 1. The average molecular weight is 79.1 g/mol. The quantitative estimate of drug-likeness (QED) is 0.388. The molecule has 1 aliphatic heterocycles. The van der Waals surface area contributed by atoms with Gasteiger partial charge in [0.2, 0.25) is 0 Å². The molecule has 24 valence electrons. The average Bonchev–Trinajstić information content (AvgIpc) is 1.30. The van der Waals surface area contributed by atoms with Crippen molar-refractivity contribution in [1.82, 2.24) is 5.32 Å². The Kier molecular flexibility index (Phi) is 1.33. The Hall–Kier alpha value is 0.960. The molecule has 0 radical (unpaired) electrons. The van der Waals surface area contributed by atoms with E-state index in [0.29, 0.717) is 0 Å². The molecule has 5 heavy (non-hydrogen) atoms. The van der Waals surface area contributed by atoms with Crippen molar-refractivity contribution in [2.75, 3.05) is 13.1 Å². The molecule has 0 aromatic carbocycles. The van der Waals surface area contributed by atoms with Gasteiger partial charge in [0.25, 0.3) is 0 Å². The zero-order valence-corrected chi connectivity index (χ0v) is 5.49. The van der Waals surface area contributed by atoms with E-state index >= 15 is 0 Å². The summed E-state index contributed by atoms with van der Waals surface area (Å²) in [5.41, 5.74) is 0. The molecule has 0 atom stereocenters. The van der Waals surface area contributed by atoms with Gasteiger partial charge in [0, 0.05) is 0 Å². The predicted octanol–water partition coefficient (Wildman–Crippen LogP) is -0.453. The Morgan fingerprint density at radius 2 is 2.00 bits per heavy atom. The van der Waals surface area contributed by atoms with Crippen LogP contribution in [-0.4, -0.2) is 41.0 Å². The van der Waals surface area contributed by atoms with Crippen molar-refractivity contribution in [3.63, 3.8) is 0 Å². The molecule has 0 amide bonds. The summed E-state index contributed by atoms with van der Waals surface area (Å²) in [4.78, 5) is 0. The molecule has 1 nitrogen and oxygen atoms in total. The van der Waals surface area contributed by atoms with Crippen molar-refractivity contribution in [2.45, 2.75) is 3.17 Å². The van der Waals surface area contributed by atoms with Crippen LogP contribution in [-0.2, 0) is 0 Å². The molecule has 1 fully saturated rings. The van der Waals surface area contributed by atoms with Crippen molar-refractivity contribution in [1.29, 1.82) is 0 Å². The molecule has 0 aromatic rings. The van der Waals surface area contributed by atoms with Gasteiger partial charge >= 0.3 is 49.5 Å². The fraction of sp³-hybridized carbons (Fsp3) is 1.00. The first-order valence-corrected chi connectivity index (χ1v) is 3.26. The summed E-state index contributed by atoms with van der Waals surface area (Å²) in [6, 6.07) is 0. The Bertz CT molecular complexity index is 33.9. The van der Waals surface area contributed by atoms with Gasteiger partial charge in [-0.3, -0.25) is 0 Å². The molecule has 2 heteroatoms. The van der Waals surface area contributed by atoms with Crippen LogP contribution in [0.2, 0.25) is 3.17 Å². The molecule has 1 saturated heterocycles. The van der Waals surface area contributed by atoms with Gasteiger partial charge in [-0.15, -0.1) is 0 Å². The molecule has 0 bridgehead atoms. The summed E-state index contributed by atoms with van der Waals surface area (Å²) < 4.78 is 1.09. The van der Waals surface area contributed by atoms with Crippen molar-refractivity contribution >= 4 is 27.9 Å². The number of rotatable bonds is 0. The van der Waals surface area contributed by atoms with Gasteiger partial charge in [-0.25, -0.2) is 0 Å². The van der Waals surface area contributed by atoms with Gasteiger partial charge in [-0.05, 0) is 0 Å². The second-order valence-electron chi connectivity index (χ2n) is 1.76. The van der Waals surface area contributed by atoms with Crippen LogP contribution in [0.25, 0.3) is 0 Å². The maximum absolute atomic E-state index is 3.20. The molecule has 1 N–H and O–H groups in total. The molecule has 1 rings (SSSR count). The minimum atomic E-state index is 1.09. The van der Waals surface area contributed by atoms with E-state index in [1.165, 1.54) is 41.0 Å². The molecule has 0 aromatic heterocycles. The second-order valence-corrected chi connectivity index (χ2v) is 3.40. The third-order valence-corrected chi connectivity index (χ3v) is 1.80. The summed E-state index contributed by atoms with van der Waals surface area (Å²) in [6.45, 7) is 2.60. The van der Waals surface area contributed by atoms with E-state index in [0.717, 1.165) is 3.17 Å². The third-order valence-electron chi connectivity index (χ3n) is 0.986. The second kappa shape index (κ2) is 1.61. The van der Waals surface area contributed by atoms with Crippen molar-refractivity contribution < 1.29 is 0 Å². The van der Waals surface area contributed by atoms with E-state index in [1.54, 1.807) is 0 Å². The van der Waals surface area contributed by atoms with Gasteiger partial charge in [-0.1, -0.05) is 0 Å². The van der Waals surface area contributed by atoms with Crippen molar-refractivity contribution in [2.24, 2.45) is 0 Å². The standard InChI is InChI=1S/C3H6N.Na/c1-2-4-3-1;/h1,4H,2-3H2;. The van der Waals surface area contributed by atoms with Crippen molar-refractivity contribution in [3.8, 4) is 0 Å².